The van der Waals surface area contributed by atoms with Gasteiger partial charge in [-0.05, 0) is 30.5 Å². The highest BCUT2D eigenvalue weighted by Crippen LogP contribution is 2.20. The Morgan fingerprint density at radius 2 is 2.26 bits per heavy atom. The predicted octanol–water partition coefficient (Wildman–Crippen LogP) is 1.82. The summed E-state index contributed by atoms with van der Waals surface area (Å²) in [5, 5.41) is 13.0. The van der Waals surface area contributed by atoms with Crippen LogP contribution in [0.4, 0.5) is 0 Å². The summed E-state index contributed by atoms with van der Waals surface area (Å²) in [5.74, 6) is 1.04. The van der Waals surface area contributed by atoms with E-state index in [1.165, 1.54) is 11.8 Å². The van der Waals surface area contributed by atoms with E-state index < -0.39 is 0 Å². The van der Waals surface area contributed by atoms with Crippen molar-refractivity contribution in [2.24, 2.45) is 0 Å². The van der Waals surface area contributed by atoms with Gasteiger partial charge in [-0.1, -0.05) is 23.9 Å². The van der Waals surface area contributed by atoms with Gasteiger partial charge in [0.1, 0.15) is 5.75 Å². The van der Waals surface area contributed by atoms with Crippen molar-refractivity contribution in [1.82, 2.24) is 14.9 Å². The Labute approximate surface area is 163 Å². The van der Waals surface area contributed by atoms with Crippen LogP contribution in [0, 0.1) is 0 Å². The molecule has 1 atom stereocenters. The zero-order chi connectivity index (χ0) is 19.1. The van der Waals surface area contributed by atoms with E-state index in [1.807, 2.05) is 35.0 Å². The second-order valence-electron chi connectivity index (χ2n) is 6.38. The van der Waals surface area contributed by atoms with Crippen molar-refractivity contribution in [3.8, 4) is 5.75 Å². The minimum absolute atomic E-state index is 0.0416. The summed E-state index contributed by atoms with van der Waals surface area (Å²) >= 11 is 1.36. The maximum absolute atomic E-state index is 12.1. The average Bonchev–Trinajstić information content (AvgIpc) is 3.35. The van der Waals surface area contributed by atoms with E-state index in [2.05, 4.69) is 10.3 Å². The summed E-state index contributed by atoms with van der Waals surface area (Å²) in [6.45, 7) is 1.81. The fraction of sp³-hybridized carbons (Fsp3) is 0.474. The molecule has 1 aromatic carbocycles. The number of aromatic nitrogens is 2. The molecule has 2 N–H and O–H groups in total. The Balaban J connectivity index is 1.57. The number of aliphatic hydroxyl groups excluding tert-OH is 1. The molecule has 0 aliphatic carbocycles. The number of ether oxygens (including phenoxy) is 2. The Morgan fingerprint density at radius 1 is 1.44 bits per heavy atom. The van der Waals surface area contributed by atoms with Gasteiger partial charge in [-0.25, -0.2) is 4.98 Å². The van der Waals surface area contributed by atoms with Crippen LogP contribution in [0.5, 0.6) is 5.75 Å². The van der Waals surface area contributed by atoms with E-state index in [4.69, 9.17) is 9.47 Å². The van der Waals surface area contributed by atoms with Crippen LogP contribution < -0.4 is 10.1 Å². The average molecular weight is 391 g/mol. The van der Waals surface area contributed by atoms with E-state index in [0.717, 1.165) is 30.8 Å². The van der Waals surface area contributed by atoms with Crippen LogP contribution >= 0.6 is 11.8 Å². The molecule has 1 unspecified atom stereocenters. The first-order valence-electron chi connectivity index (χ1n) is 8.99. The summed E-state index contributed by atoms with van der Waals surface area (Å²) in [7, 11) is 1.64. The monoisotopic (exact) mass is 391 g/mol. The highest BCUT2D eigenvalue weighted by molar-refractivity contribution is 7.99. The van der Waals surface area contributed by atoms with Gasteiger partial charge in [0.05, 0.1) is 31.3 Å². The third kappa shape index (κ3) is 5.72. The number of rotatable bonds is 9. The van der Waals surface area contributed by atoms with Crippen molar-refractivity contribution < 1.29 is 19.4 Å². The lowest BCUT2D eigenvalue weighted by atomic mass is 10.2. The molecule has 2 aromatic rings. The summed E-state index contributed by atoms with van der Waals surface area (Å²) in [4.78, 5) is 16.5. The van der Waals surface area contributed by atoms with Crippen molar-refractivity contribution in [1.29, 1.82) is 0 Å². The van der Waals surface area contributed by atoms with Crippen LogP contribution in [0.15, 0.2) is 35.6 Å². The van der Waals surface area contributed by atoms with Crippen molar-refractivity contribution >= 4 is 17.7 Å². The lowest BCUT2D eigenvalue weighted by Gasteiger charge is -2.11. The highest BCUT2D eigenvalue weighted by atomic mass is 32.2. The first-order chi connectivity index (χ1) is 13.2. The van der Waals surface area contributed by atoms with Crippen molar-refractivity contribution in [3.63, 3.8) is 0 Å². The minimum Gasteiger partial charge on any atom is -0.497 e. The van der Waals surface area contributed by atoms with E-state index in [0.29, 0.717) is 23.9 Å². The molecule has 3 rings (SSSR count). The van der Waals surface area contributed by atoms with Gasteiger partial charge in [-0.15, -0.1) is 0 Å². The molecule has 1 aliphatic heterocycles. The Hall–Kier alpha value is -2.03. The summed E-state index contributed by atoms with van der Waals surface area (Å²) in [5.41, 5.74) is 1.67. The Bertz CT molecular complexity index is 742. The van der Waals surface area contributed by atoms with E-state index in [1.54, 1.807) is 7.11 Å². The Morgan fingerprint density at radius 3 is 2.93 bits per heavy atom. The molecule has 1 amide bonds. The molecule has 1 aliphatic rings. The summed E-state index contributed by atoms with van der Waals surface area (Å²) < 4.78 is 12.6. The number of amides is 1. The number of nitrogens with zero attached hydrogens (tertiary/aromatic N) is 2. The molecule has 1 fully saturated rings. The first kappa shape index (κ1) is 19.7. The summed E-state index contributed by atoms with van der Waals surface area (Å²) in [6.07, 6.45) is 4.01. The van der Waals surface area contributed by atoms with Crippen molar-refractivity contribution in [3.05, 3.63) is 41.7 Å². The normalized spacial score (nSPS) is 16.4. The lowest BCUT2D eigenvalue weighted by molar-refractivity contribution is -0.119. The van der Waals surface area contributed by atoms with Crippen LogP contribution in [0.3, 0.4) is 0 Å². The number of hydrogen-bond acceptors (Lipinski definition) is 6. The molecule has 0 saturated carbocycles. The summed E-state index contributed by atoms with van der Waals surface area (Å²) in [6, 6.07) is 7.79. The number of carbonyl (C=O) groups excluding carboxylic acids is 1. The molecule has 7 nitrogen and oxygen atoms in total. The van der Waals surface area contributed by atoms with Gasteiger partial charge in [0, 0.05) is 25.9 Å². The largest absolute Gasteiger partial charge is 0.497 e. The number of thioether (sulfide) groups is 1. The molecule has 146 valence electrons. The van der Waals surface area contributed by atoms with Crippen molar-refractivity contribution in [2.75, 3.05) is 26.0 Å². The second-order valence-corrected chi connectivity index (χ2v) is 7.32. The zero-order valence-corrected chi connectivity index (χ0v) is 16.2. The molecule has 0 bridgehead atoms. The number of hydrogen-bond donors (Lipinski definition) is 2. The Kier molecular flexibility index (Phi) is 7.14. The molecular weight excluding hydrogens is 366 g/mol. The fourth-order valence-corrected chi connectivity index (χ4v) is 3.72. The minimum atomic E-state index is -0.131. The van der Waals surface area contributed by atoms with Gasteiger partial charge in [-0.3, -0.25) is 4.79 Å². The predicted molar refractivity (Wildman–Crippen MR) is 103 cm³/mol. The molecule has 1 aromatic heterocycles. The fourth-order valence-electron chi connectivity index (χ4n) is 2.90. The molecule has 8 heteroatoms. The number of benzene rings is 1. The van der Waals surface area contributed by atoms with Crippen LogP contribution in [0.1, 0.15) is 24.1 Å². The van der Waals surface area contributed by atoms with E-state index in [-0.39, 0.29) is 24.4 Å². The number of carbonyl (C=O) groups is 1. The van der Waals surface area contributed by atoms with Crippen LogP contribution in [-0.2, 0) is 22.7 Å². The number of nitrogens with one attached hydrogen (secondary N) is 1. The molecule has 2 heterocycles. The maximum Gasteiger partial charge on any atom is 0.230 e. The zero-order valence-electron chi connectivity index (χ0n) is 15.4. The second kappa shape index (κ2) is 9.77. The molecule has 0 spiro atoms. The van der Waals surface area contributed by atoms with Crippen molar-refractivity contribution in [2.45, 2.75) is 37.3 Å². The molecule has 27 heavy (non-hydrogen) atoms. The highest BCUT2D eigenvalue weighted by Gasteiger charge is 2.17. The van der Waals surface area contributed by atoms with Gasteiger partial charge in [0.2, 0.25) is 5.91 Å². The van der Waals surface area contributed by atoms with Gasteiger partial charge in [0.15, 0.2) is 5.16 Å². The number of imidazole rings is 1. The lowest BCUT2D eigenvalue weighted by Crippen LogP contribution is -2.32. The molecular formula is C19H25N3O4S. The number of aliphatic hydroxyl groups is 1. The van der Waals surface area contributed by atoms with Crippen LogP contribution in [0.2, 0.25) is 0 Å². The third-order valence-corrected chi connectivity index (χ3v) is 5.34. The first-order valence-corrected chi connectivity index (χ1v) is 9.97. The van der Waals surface area contributed by atoms with Crippen LogP contribution in [-0.4, -0.2) is 52.7 Å². The maximum atomic E-state index is 12.1. The van der Waals surface area contributed by atoms with Crippen LogP contribution in [0.25, 0.3) is 0 Å². The molecule has 1 saturated heterocycles. The van der Waals surface area contributed by atoms with Gasteiger partial charge in [-0.2, -0.15) is 0 Å². The third-order valence-electron chi connectivity index (χ3n) is 4.35. The van der Waals surface area contributed by atoms with Gasteiger partial charge in [0.25, 0.3) is 0 Å². The smallest absolute Gasteiger partial charge is 0.230 e. The van der Waals surface area contributed by atoms with E-state index in [9.17, 15) is 9.90 Å². The standard InChI is InChI=1S/C19H25N3O4S/c1-25-16-6-4-14(5-7-16)10-22-11-15(12-23)21-19(22)27-13-18(24)20-9-17-3-2-8-26-17/h4-7,11,17,23H,2-3,8-10,12-13H2,1H3,(H,20,24). The topological polar surface area (TPSA) is 85.6 Å². The van der Waals surface area contributed by atoms with E-state index >= 15 is 0 Å². The number of methoxy groups -OCH3 is 1. The van der Waals surface area contributed by atoms with Gasteiger partial charge < -0.3 is 24.5 Å². The van der Waals surface area contributed by atoms with Gasteiger partial charge >= 0.3 is 0 Å². The quantitative estimate of drug-likeness (QED) is 0.634. The SMILES string of the molecule is COc1ccc(Cn2cc(CO)nc2SCC(=O)NCC2CCCO2)cc1. The molecule has 0 radical (unpaired) electrons.